The third-order valence-corrected chi connectivity index (χ3v) is 3.26. The third-order valence-electron chi connectivity index (χ3n) is 3.26. The zero-order valence-electron chi connectivity index (χ0n) is 11.6. The summed E-state index contributed by atoms with van der Waals surface area (Å²) in [7, 11) is 1.71. The molecule has 1 saturated carbocycles. The highest BCUT2D eigenvalue weighted by Crippen LogP contribution is 2.25. The molecule has 0 aromatic heterocycles. The van der Waals surface area contributed by atoms with Crippen molar-refractivity contribution < 1.29 is 9.84 Å². The minimum absolute atomic E-state index is 0.162. The fourth-order valence-electron chi connectivity index (χ4n) is 2.20. The van der Waals surface area contributed by atoms with Gasteiger partial charge in [0.1, 0.15) is 0 Å². The molecule has 0 spiro atoms. The molecule has 0 radical (unpaired) electrons. The van der Waals surface area contributed by atoms with Crippen molar-refractivity contribution in [3.63, 3.8) is 0 Å². The Kier molecular flexibility index (Phi) is 7.76. The molecule has 2 atom stereocenters. The Labute approximate surface area is 110 Å². The van der Waals surface area contributed by atoms with E-state index in [9.17, 15) is 5.11 Å². The summed E-state index contributed by atoms with van der Waals surface area (Å²) >= 11 is 0. The van der Waals surface area contributed by atoms with Gasteiger partial charge >= 0.3 is 0 Å². The zero-order valence-corrected chi connectivity index (χ0v) is 11.6. The number of methoxy groups -OCH3 is 1. The molecule has 0 saturated heterocycles. The lowest BCUT2D eigenvalue weighted by atomic mass is 10.1. The van der Waals surface area contributed by atoms with E-state index < -0.39 is 0 Å². The average Bonchev–Trinajstić information content (AvgIpc) is 2.77. The second kappa shape index (κ2) is 9.16. The van der Waals surface area contributed by atoms with Crippen LogP contribution in [0.3, 0.4) is 0 Å². The van der Waals surface area contributed by atoms with E-state index in [1.165, 1.54) is 0 Å². The highest BCUT2D eigenvalue weighted by molar-refractivity contribution is 5.79. The molecule has 2 unspecified atom stereocenters. The van der Waals surface area contributed by atoms with Crippen molar-refractivity contribution in [1.82, 2.24) is 10.6 Å². The van der Waals surface area contributed by atoms with Gasteiger partial charge in [-0.3, -0.25) is 4.99 Å². The van der Waals surface area contributed by atoms with Crippen molar-refractivity contribution in [3.8, 4) is 0 Å². The highest BCUT2D eigenvalue weighted by atomic mass is 16.5. The maximum Gasteiger partial charge on any atom is 0.191 e. The zero-order chi connectivity index (χ0) is 13.2. The molecule has 18 heavy (non-hydrogen) atoms. The monoisotopic (exact) mass is 257 g/mol. The number of rotatable bonds is 7. The maximum absolute atomic E-state index is 9.75. The van der Waals surface area contributed by atoms with Crippen LogP contribution in [-0.2, 0) is 4.74 Å². The molecule has 5 heteroatoms. The van der Waals surface area contributed by atoms with Crippen molar-refractivity contribution in [2.24, 2.45) is 10.9 Å². The molecule has 0 heterocycles. The molecule has 0 aliphatic heterocycles. The molecule has 1 rings (SSSR count). The van der Waals surface area contributed by atoms with Crippen molar-refractivity contribution in [3.05, 3.63) is 0 Å². The molecular formula is C13H27N3O2. The van der Waals surface area contributed by atoms with E-state index in [0.29, 0.717) is 12.5 Å². The number of aliphatic imine (C=N–C) groups is 1. The Morgan fingerprint density at radius 1 is 1.39 bits per heavy atom. The predicted octanol–water partition coefficient (Wildman–Crippen LogP) is 0.739. The van der Waals surface area contributed by atoms with E-state index in [1.54, 1.807) is 7.11 Å². The van der Waals surface area contributed by atoms with Crippen LogP contribution in [0.2, 0.25) is 0 Å². The Balaban J connectivity index is 2.29. The molecular weight excluding hydrogens is 230 g/mol. The summed E-state index contributed by atoms with van der Waals surface area (Å²) in [4.78, 5) is 4.54. The number of aliphatic hydroxyl groups excluding tert-OH is 1. The summed E-state index contributed by atoms with van der Waals surface area (Å²) in [5.74, 6) is 1.17. The van der Waals surface area contributed by atoms with Gasteiger partial charge in [-0.2, -0.15) is 0 Å². The average molecular weight is 257 g/mol. The Bertz CT molecular complexity index is 246. The van der Waals surface area contributed by atoms with Gasteiger partial charge in [-0.05, 0) is 26.2 Å². The molecule has 3 N–H and O–H groups in total. The third kappa shape index (κ3) is 5.69. The van der Waals surface area contributed by atoms with Crippen LogP contribution in [0.5, 0.6) is 0 Å². The van der Waals surface area contributed by atoms with Gasteiger partial charge in [-0.25, -0.2) is 0 Å². The van der Waals surface area contributed by atoms with Crippen molar-refractivity contribution in [2.45, 2.75) is 38.7 Å². The Morgan fingerprint density at radius 2 is 2.22 bits per heavy atom. The van der Waals surface area contributed by atoms with Crippen LogP contribution in [0.15, 0.2) is 4.99 Å². The standard InChI is InChI=1S/C13H27N3O2/c1-3-14-13(15-8-5-9-18-2)16-10-11-6-4-7-12(11)17/h11-12,17H,3-10H2,1-2H3,(H2,14,15,16). The van der Waals surface area contributed by atoms with Gasteiger partial charge in [0.25, 0.3) is 0 Å². The van der Waals surface area contributed by atoms with Crippen LogP contribution in [0.1, 0.15) is 32.6 Å². The van der Waals surface area contributed by atoms with Gasteiger partial charge < -0.3 is 20.5 Å². The summed E-state index contributed by atoms with van der Waals surface area (Å²) in [6, 6.07) is 0. The predicted molar refractivity (Wildman–Crippen MR) is 73.8 cm³/mol. The van der Waals surface area contributed by atoms with Crippen molar-refractivity contribution in [2.75, 3.05) is 33.4 Å². The maximum atomic E-state index is 9.75. The van der Waals surface area contributed by atoms with Gasteiger partial charge in [0.05, 0.1) is 6.10 Å². The molecule has 1 aliphatic rings. The largest absolute Gasteiger partial charge is 0.393 e. The Morgan fingerprint density at radius 3 is 2.83 bits per heavy atom. The van der Waals surface area contributed by atoms with Crippen molar-refractivity contribution >= 4 is 5.96 Å². The molecule has 0 amide bonds. The number of nitrogens with zero attached hydrogens (tertiary/aromatic N) is 1. The smallest absolute Gasteiger partial charge is 0.191 e. The fourth-order valence-corrected chi connectivity index (χ4v) is 2.20. The number of hydrogen-bond acceptors (Lipinski definition) is 3. The first kappa shape index (κ1) is 15.2. The fraction of sp³-hybridized carbons (Fsp3) is 0.923. The van der Waals surface area contributed by atoms with Gasteiger partial charge in [0.15, 0.2) is 5.96 Å². The minimum atomic E-state index is -0.162. The van der Waals surface area contributed by atoms with E-state index in [2.05, 4.69) is 22.5 Å². The van der Waals surface area contributed by atoms with E-state index in [1.807, 2.05) is 0 Å². The molecule has 106 valence electrons. The summed E-state index contributed by atoms with van der Waals surface area (Å²) in [5, 5.41) is 16.2. The van der Waals surface area contributed by atoms with E-state index in [4.69, 9.17) is 4.74 Å². The van der Waals surface area contributed by atoms with E-state index in [-0.39, 0.29) is 6.10 Å². The summed E-state index contributed by atoms with van der Waals surface area (Å²) in [5.41, 5.74) is 0. The number of guanidine groups is 1. The number of ether oxygens (including phenoxy) is 1. The normalized spacial score (nSPS) is 24.3. The van der Waals surface area contributed by atoms with Crippen LogP contribution in [0.4, 0.5) is 0 Å². The van der Waals surface area contributed by atoms with Crippen LogP contribution in [0, 0.1) is 5.92 Å². The molecule has 1 fully saturated rings. The topological polar surface area (TPSA) is 65.9 Å². The van der Waals surface area contributed by atoms with Crippen molar-refractivity contribution in [1.29, 1.82) is 0 Å². The highest BCUT2D eigenvalue weighted by Gasteiger charge is 2.24. The molecule has 0 aromatic carbocycles. The first-order valence-corrected chi connectivity index (χ1v) is 6.97. The number of hydrogen-bond donors (Lipinski definition) is 3. The van der Waals surface area contributed by atoms with Crippen LogP contribution in [0.25, 0.3) is 0 Å². The molecule has 5 nitrogen and oxygen atoms in total. The summed E-state index contributed by atoms with van der Waals surface area (Å²) in [6.45, 7) is 5.22. The minimum Gasteiger partial charge on any atom is -0.393 e. The molecule has 0 aromatic rings. The molecule has 1 aliphatic carbocycles. The first-order valence-electron chi connectivity index (χ1n) is 6.97. The lowest BCUT2D eigenvalue weighted by Gasteiger charge is -2.14. The second-order valence-electron chi connectivity index (χ2n) is 4.75. The van der Waals surface area contributed by atoms with Crippen LogP contribution < -0.4 is 10.6 Å². The van der Waals surface area contributed by atoms with E-state index in [0.717, 1.165) is 51.3 Å². The first-order chi connectivity index (χ1) is 8.77. The van der Waals surface area contributed by atoms with Crippen LogP contribution >= 0.6 is 0 Å². The van der Waals surface area contributed by atoms with Crippen LogP contribution in [-0.4, -0.2) is 50.5 Å². The SMILES string of the molecule is CCNC(=NCC1CCCC1O)NCCCOC. The lowest BCUT2D eigenvalue weighted by Crippen LogP contribution is -2.38. The lowest BCUT2D eigenvalue weighted by molar-refractivity contribution is 0.136. The number of aliphatic hydroxyl groups is 1. The summed E-state index contributed by atoms with van der Waals surface area (Å²) < 4.78 is 5.01. The van der Waals surface area contributed by atoms with Gasteiger partial charge in [-0.1, -0.05) is 6.42 Å². The molecule has 0 bridgehead atoms. The quantitative estimate of drug-likeness (QED) is 0.357. The summed E-state index contributed by atoms with van der Waals surface area (Å²) in [6.07, 6.45) is 3.95. The number of nitrogens with one attached hydrogen (secondary N) is 2. The van der Waals surface area contributed by atoms with Gasteiger partial charge in [0, 0.05) is 39.3 Å². The van der Waals surface area contributed by atoms with Gasteiger partial charge in [0.2, 0.25) is 0 Å². The Hall–Kier alpha value is -0.810. The van der Waals surface area contributed by atoms with E-state index >= 15 is 0 Å². The second-order valence-corrected chi connectivity index (χ2v) is 4.75. The van der Waals surface area contributed by atoms with Gasteiger partial charge in [-0.15, -0.1) is 0 Å².